The van der Waals surface area contributed by atoms with Crippen molar-refractivity contribution >= 4 is 10.0 Å². The van der Waals surface area contributed by atoms with Crippen molar-refractivity contribution in [3.63, 3.8) is 0 Å². The van der Waals surface area contributed by atoms with Crippen LogP contribution >= 0.6 is 0 Å². The van der Waals surface area contributed by atoms with E-state index in [1.165, 1.54) is 4.31 Å². The SMILES string of the molecule is C=C(C)CN(C)S(=O)(=O)c1cc(CN)cc(C)c1C. The summed E-state index contributed by atoms with van der Waals surface area (Å²) in [5.41, 5.74) is 8.95. The van der Waals surface area contributed by atoms with Crippen LogP contribution in [0.15, 0.2) is 29.2 Å². The molecule has 4 nitrogen and oxygen atoms in total. The average Bonchev–Trinajstić information content (AvgIpc) is 2.31. The van der Waals surface area contributed by atoms with Crippen molar-refractivity contribution in [2.24, 2.45) is 5.73 Å². The second kappa shape index (κ2) is 5.86. The van der Waals surface area contributed by atoms with Crippen molar-refractivity contribution in [1.82, 2.24) is 4.31 Å². The van der Waals surface area contributed by atoms with Gasteiger partial charge in [0, 0.05) is 20.1 Å². The highest BCUT2D eigenvalue weighted by molar-refractivity contribution is 7.89. The molecule has 0 radical (unpaired) electrons. The summed E-state index contributed by atoms with van der Waals surface area (Å²) in [4.78, 5) is 0.330. The molecule has 0 heterocycles. The molecule has 0 aliphatic heterocycles. The van der Waals surface area contributed by atoms with E-state index < -0.39 is 10.0 Å². The first-order valence-electron chi connectivity index (χ1n) is 6.11. The van der Waals surface area contributed by atoms with Crippen LogP contribution in [-0.4, -0.2) is 26.3 Å². The fourth-order valence-corrected chi connectivity index (χ4v) is 3.49. The van der Waals surface area contributed by atoms with Gasteiger partial charge in [0.1, 0.15) is 0 Å². The van der Waals surface area contributed by atoms with Gasteiger partial charge in [-0.1, -0.05) is 18.2 Å². The number of sulfonamides is 1. The van der Waals surface area contributed by atoms with Crippen LogP contribution in [0.1, 0.15) is 23.6 Å². The van der Waals surface area contributed by atoms with E-state index in [1.807, 2.05) is 19.9 Å². The van der Waals surface area contributed by atoms with Gasteiger partial charge in [0.15, 0.2) is 0 Å². The number of hydrogen-bond acceptors (Lipinski definition) is 3. The monoisotopic (exact) mass is 282 g/mol. The zero-order chi connectivity index (χ0) is 14.8. The minimum Gasteiger partial charge on any atom is -0.326 e. The predicted octanol–water partition coefficient (Wildman–Crippen LogP) is 1.96. The first kappa shape index (κ1) is 15.9. The summed E-state index contributed by atoms with van der Waals surface area (Å²) in [5.74, 6) is 0. The highest BCUT2D eigenvalue weighted by Gasteiger charge is 2.23. The summed E-state index contributed by atoms with van der Waals surface area (Å²) in [5, 5.41) is 0. The average molecular weight is 282 g/mol. The van der Waals surface area contributed by atoms with Crippen LogP contribution < -0.4 is 5.73 Å². The largest absolute Gasteiger partial charge is 0.326 e. The van der Waals surface area contributed by atoms with Crippen molar-refractivity contribution in [3.8, 4) is 0 Å². The molecule has 0 bridgehead atoms. The molecule has 1 rings (SSSR count). The Labute approximate surface area is 116 Å². The number of rotatable bonds is 5. The Kier molecular flexibility index (Phi) is 4.90. The van der Waals surface area contributed by atoms with Gasteiger partial charge in [-0.3, -0.25) is 0 Å². The van der Waals surface area contributed by atoms with Crippen molar-refractivity contribution < 1.29 is 8.42 Å². The normalized spacial score (nSPS) is 11.9. The molecule has 0 aliphatic rings. The predicted molar refractivity (Wildman–Crippen MR) is 78.4 cm³/mol. The molecule has 0 saturated heterocycles. The molecule has 1 aromatic carbocycles. The Hall–Kier alpha value is -1.17. The Morgan fingerprint density at radius 1 is 1.37 bits per heavy atom. The number of likely N-dealkylation sites (N-methyl/N-ethyl adjacent to an activating group) is 1. The summed E-state index contributed by atoms with van der Waals surface area (Å²) in [6.45, 7) is 9.91. The zero-order valence-electron chi connectivity index (χ0n) is 12.0. The van der Waals surface area contributed by atoms with E-state index in [9.17, 15) is 8.42 Å². The van der Waals surface area contributed by atoms with Crippen LogP contribution in [0.3, 0.4) is 0 Å². The molecule has 19 heavy (non-hydrogen) atoms. The van der Waals surface area contributed by atoms with Gasteiger partial charge in [0.05, 0.1) is 4.90 Å². The van der Waals surface area contributed by atoms with E-state index in [0.29, 0.717) is 18.0 Å². The van der Waals surface area contributed by atoms with E-state index in [4.69, 9.17) is 5.73 Å². The molecular formula is C14H22N2O2S. The number of nitrogens with two attached hydrogens (primary N) is 1. The number of aryl methyl sites for hydroxylation is 1. The highest BCUT2D eigenvalue weighted by atomic mass is 32.2. The van der Waals surface area contributed by atoms with Crippen LogP contribution in [-0.2, 0) is 16.6 Å². The third-order valence-corrected chi connectivity index (χ3v) is 5.03. The third-order valence-electron chi connectivity index (χ3n) is 3.10. The van der Waals surface area contributed by atoms with Gasteiger partial charge in [-0.05, 0) is 43.5 Å². The molecule has 0 aliphatic carbocycles. The van der Waals surface area contributed by atoms with E-state index in [-0.39, 0.29) is 0 Å². The number of benzene rings is 1. The molecule has 0 atom stereocenters. The van der Waals surface area contributed by atoms with Gasteiger partial charge in [0.25, 0.3) is 0 Å². The summed E-state index contributed by atoms with van der Waals surface area (Å²) < 4.78 is 26.4. The third kappa shape index (κ3) is 3.43. The second-order valence-corrected chi connectivity index (χ2v) is 6.97. The molecule has 0 saturated carbocycles. The molecule has 2 N–H and O–H groups in total. The fraction of sp³-hybridized carbons (Fsp3) is 0.429. The Balaban J connectivity index is 3.35. The zero-order valence-corrected chi connectivity index (χ0v) is 12.8. The molecule has 1 aromatic rings. The van der Waals surface area contributed by atoms with Crippen LogP contribution in [0.25, 0.3) is 0 Å². The molecule has 0 unspecified atom stereocenters. The van der Waals surface area contributed by atoms with Crippen molar-refractivity contribution in [1.29, 1.82) is 0 Å². The van der Waals surface area contributed by atoms with Crippen molar-refractivity contribution in [2.75, 3.05) is 13.6 Å². The fourth-order valence-electron chi connectivity index (χ4n) is 1.92. The van der Waals surface area contributed by atoms with Gasteiger partial charge in [-0.15, -0.1) is 0 Å². The number of nitrogens with zero attached hydrogens (tertiary/aromatic N) is 1. The van der Waals surface area contributed by atoms with Crippen LogP contribution in [0.4, 0.5) is 0 Å². The maximum Gasteiger partial charge on any atom is 0.243 e. The van der Waals surface area contributed by atoms with E-state index >= 15 is 0 Å². The molecule has 5 heteroatoms. The summed E-state index contributed by atoms with van der Waals surface area (Å²) in [6.07, 6.45) is 0. The van der Waals surface area contributed by atoms with Gasteiger partial charge < -0.3 is 5.73 Å². The lowest BCUT2D eigenvalue weighted by Crippen LogP contribution is -2.29. The second-order valence-electron chi connectivity index (χ2n) is 4.96. The molecule has 0 amide bonds. The van der Waals surface area contributed by atoms with Crippen LogP contribution in [0.2, 0.25) is 0 Å². The Morgan fingerprint density at radius 2 is 1.95 bits per heavy atom. The molecular weight excluding hydrogens is 260 g/mol. The Morgan fingerprint density at radius 3 is 2.42 bits per heavy atom. The summed E-state index contributed by atoms with van der Waals surface area (Å²) in [7, 11) is -1.94. The lowest BCUT2D eigenvalue weighted by Gasteiger charge is -2.20. The molecule has 106 valence electrons. The molecule has 0 fully saturated rings. The van der Waals surface area contributed by atoms with Gasteiger partial charge in [0.2, 0.25) is 10.0 Å². The van der Waals surface area contributed by atoms with Gasteiger partial charge in [-0.25, -0.2) is 8.42 Å². The van der Waals surface area contributed by atoms with Gasteiger partial charge in [-0.2, -0.15) is 4.31 Å². The number of hydrogen-bond donors (Lipinski definition) is 1. The maximum absolute atomic E-state index is 12.6. The van der Waals surface area contributed by atoms with E-state index in [0.717, 1.165) is 22.3 Å². The van der Waals surface area contributed by atoms with E-state index in [2.05, 4.69) is 6.58 Å². The summed E-state index contributed by atoms with van der Waals surface area (Å²) in [6, 6.07) is 3.58. The lowest BCUT2D eigenvalue weighted by molar-refractivity contribution is 0.492. The smallest absolute Gasteiger partial charge is 0.243 e. The lowest BCUT2D eigenvalue weighted by atomic mass is 10.1. The van der Waals surface area contributed by atoms with Gasteiger partial charge >= 0.3 is 0 Å². The molecule has 0 aromatic heterocycles. The molecule has 0 spiro atoms. The van der Waals surface area contributed by atoms with E-state index in [1.54, 1.807) is 20.0 Å². The first-order valence-corrected chi connectivity index (χ1v) is 7.55. The quantitative estimate of drug-likeness (QED) is 0.840. The van der Waals surface area contributed by atoms with Crippen molar-refractivity contribution in [2.45, 2.75) is 32.2 Å². The first-order chi connectivity index (χ1) is 8.70. The summed E-state index contributed by atoms with van der Waals surface area (Å²) >= 11 is 0. The van der Waals surface area contributed by atoms with Crippen LogP contribution in [0, 0.1) is 13.8 Å². The van der Waals surface area contributed by atoms with Crippen LogP contribution in [0.5, 0.6) is 0 Å². The standard InChI is InChI=1S/C14H22N2O2S/c1-10(2)9-16(5)19(17,18)14-7-13(8-15)6-11(3)12(14)4/h6-7H,1,8-9,15H2,2-5H3. The maximum atomic E-state index is 12.6. The minimum atomic E-state index is -3.50. The topological polar surface area (TPSA) is 63.4 Å². The Bertz CT molecular complexity index is 592. The van der Waals surface area contributed by atoms with Crippen molar-refractivity contribution in [3.05, 3.63) is 41.0 Å². The minimum absolute atomic E-state index is 0.313. The highest BCUT2D eigenvalue weighted by Crippen LogP contribution is 2.24.